The standard InChI is InChI=1S/C14H18O2/c1-2-7-12(10-6-11-14(15)16)13-8-4-3-5-9-13/h3-6,8-10,12H,2,7,11H2,1H3,(H,15,16)/b10-6-. The van der Waals surface area contributed by atoms with E-state index in [9.17, 15) is 4.79 Å². The highest BCUT2D eigenvalue weighted by Gasteiger charge is 2.05. The second-order valence-corrected chi connectivity index (χ2v) is 3.83. The molecule has 1 rings (SSSR count). The van der Waals surface area contributed by atoms with E-state index in [0.29, 0.717) is 5.92 Å². The van der Waals surface area contributed by atoms with Crippen molar-refractivity contribution in [3.05, 3.63) is 48.0 Å². The van der Waals surface area contributed by atoms with E-state index in [0.717, 1.165) is 12.8 Å². The van der Waals surface area contributed by atoms with Crippen molar-refractivity contribution in [3.8, 4) is 0 Å². The van der Waals surface area contributed by atoms with Gasteiger partial charge in [0.05, 0.1) is 6.42 Å². The van der Waals surface area contributed by atoms with Crippen molar-refractivity contribution in [1.82, 2.24) is 0 Å². The summed E-state index contributed by atoms with van der Waals surface area (Å²) >= 11 is 0. The van der Waals surface area contributed by atoms with Crippen LogP contribution in [0.1, 0.15) is 37.7 Å². The van der Waals surface area contributed by atoms with Crippen molar-refractivity contribution < 1.29 is 9.90 Å². The number of carboxylic acids is 1. The molecule has 0 aromatic heterocycles. The molecule has 0 bridgehead atoms. The third-order valence-electron chi connectivity index (χ3n) is 2.49. The van der Waals surface area contributed by atoms with Crippen LogP contribution >= 0.6 is 0 Å². The normalized spacial score (nSPS) is 12.8. The Hall–Kier alpha value is -1.57. The number of aliphatic carboxylic acids is 1. The summed E-state index contributed by atoms with van der Waals surface area (Å²) in [4.78, 5) is 10.4. The summed E-state index contributed by atoms with van der Waals surface area (Å²) in [5, 5.41) is 8.58. The summed E-state index contributed by atoms with van der Waals surface area (Å²) in [6, 6.07) is 10.2. The zero-order valence-electron chi connectivity index (χ0n) is 9.60. The summed E-state index contributed by atoms with van der Waals surface area (Å²) < 4.78 is 0. The third-order valence-corrected chi connectivity index (χ3v) is 2.49. The molecule has 16 heavy (non-hydrogen) atoms. The molecule has 0 aliphatic heterocycles. The van der Waals surface area contributed by atoms with Gasteiger partial charge in [0.1, 0.15) is 0 Å². The zero-order chi connectivity index (χ0) is 11.8. The van der Waals surface area contributed by atoms with Crippen molar-refractivity contribution in [2.75, 3.05) is 0 Å². The second-order valence-electron chi connectivity index (χ2n) is 3.83. The van der Waals surface area contributed by atoms with Crippen molar-refractivity contribution in [2.24, 2.45) is 0 Å². The molecule has 1 unspecified atom stereocenters. The smallest absolute Gasteiger partial charge is 0.307 e. The van der Waals surface area contributed by atoms with Crippen LogP contribution in [-0.2, 0) is 4.79 Å². The number of rotatable bonds is 6. The molecule has 0 fully saturated rings. The quantitative estimate of drug-likeness (QED) is 0.741. The highest BCUT2D eigenvalue weighted by Crippen LogP contribution is 2.22. The van der Waals surface area contributed by atoms with Crippen molar-refractivity contribution >= 4 is 5.97 Å². The van der Waals surface area contributed by atoms with Crippen LogP contribution in [0.5, 0.6) is 0 Å². The monoisotopic (exact) mass is 218 g/mol. The number of hydrogen-bond acceptors (Lipinski definition) is 1. The lowest BCUT2D eigenvalue weighted by atomic mass is 9.94. The highest BCUT2D eigenvalue weighted by molar-refractivity contribution is 5.68. The van der Waals surface area contributed by atoms with Gasteiger partial charge in [-0.05, 0) is 12.0 Å². The molecule has 2 heteroatoms. The Balaban J connectivity index is 2.68. The van der Waals surface area contributed by atoms with E-state index in [1.165, 1.54) is 5.56 Å². The first-order valence-corrected chi connectivity index (χ1v) is 5.67. The van der Waals surface area contributed by atoms with Gasteiger partial charge in [-0.2, -0.15) is 0 Å². The molecule has 0 saturated carbocycles. The Morgan fingerprint density at radius 3 is 2.62 bits per heavy atom. The van der Waals surface area contributed by atoms with Crippen molar-refractivity contribution in [1.29, 1.82) is 0 Å². The van der Waals surface area contributed by atoms with Crippen molar-refractivity contribution in [2.45, 2.75) is 32.1 Å². The number of carbonyl (C=O) groups is 1. The summed E-state index contributed by atoms with van der Waals surface area (Å²) in [6.07, 6.45) is 6.01. The van der Waals surface area contributed by atoms with Gasteiger partial charge in [0.2, 0.25) is 0 Å². The second kappa shape index (κ2) is 6.83. The lowest BCUT2D eigenvalue weighted by Crippen LogP contribution is -1.96. The molecule has 0 aliphatic rings. The average Bonchev–Trinajstić information content (AvgIpc) is 2.29. The number of allylic oxidation sites excluding steroid dienone is 1. The first-order chi connectivity index (χ1) is 7.74. The van der Waals surface area contributed by atoms with E-state index in [-0.39, 0.29) is 6.42 Å². The van der Waals surface area contributed by atoms with E-state index in [1.54, 1.807) is 6.08 Å². The van der Waals surface area contributed by atoms with Gasteiger partial charge in [0, 0.05) is 5.92 Å². The molecule has 86 valence electrons. The lowest BCUT2D eigenvalue weighted by Gasteiger charge is -2.11. The fraction of sp³-hybridized carbons (Fsp3) is 0.357. The molecule has 0 saturated heterocycles. The Bertz CT molecular complexity index is 341. The van der Waals surface area contributed by atoms with E-state index in [2.05, 4.69) is 19.1 Å². The molecule has 0 aliphatic carbocycles. The SMILES string of the molecule is CCCC(/C=C\CC(=O)O)c1ccccc1. The molecule has 0 amide bonds. The number of hydrogen-bond donors (Lipinski definition) is 1. The van der Waals surface area contributed by atoms with Crippen LogP contribution < -0.4 is 0 Å². The van der Waals surface area contributed by atoms with E-state index in [1.807, 2.05) is 24.3 Å². The zero-order valence-corrected chi connectivity index (χ0v) is 9.60. The minimum atomic E-state index is -0.778. The van der Waals surface area contributed by atoms with Crippen LogP contribution in [0.3, 0.4) is 0 Å². The maximum Gasteiger partial charge on any atom is 0.307 e. The van der Waals surface area contributed by atoms with Crippen LogP contribution in [0, 0.1) is 0 Å². The van der Waals surface area contributed by atoms with E-state index < -0.39 is 5.97 Å². The van der Waals surface area contributed by atoms with Crippen LogP contribution in [0.2, 0.25) is 0 Å². The van der Waals surface area contributed by atoms with Crippen LogP contribution in [0.15, 0.2) is 42.5 Å². The van der Waals surface area contributed by atoms with Gasteiger partial charge >= 0.3 is 5.97 Å². The Morgan fingerprint density at radius 2 is 2.06 bits per heavy atom. The number of carboxylic acid groups (broad SMARTS) is 1. The maximum absolute atomic E-state index is 10.4. The van der Waals surface area contributed by atoms with Gasteiger partial charge in [0.15, 0.2) is 0 Å². The van der Waals surface area contributed by atoms with Gasteiger partial charge in [-0.3, -0.25) is 4.79 Å². The predicted molar refractivity (Wildman–Crippen MR) is 65.5 cm³/mol. The third kappa shape index (κ3) is 4.30. The van der Waals surface area contributed by atoms with Crippen LogP contribution in [0.4, 0.5) is 0 Å². The maximum atomic E-state index is 10.4. The topological polar surface area (TPSA) is 37.3 Å². The molecular formula is C14H18O2. The average molecular weight is 218 g/mol. The Kier molecular flexibility index (Phi) is 5.34. The summed E-state index contributed by atoms with van der Waals surface area (Å²) in [5.74, 6) is -0.440. The van der Waals surface area contributed by atoms with Gasteiger partial charge in [-0.25, -0.2) is 0 Å². The van der Waals surface area contributed by atoms with E-state index >= 15 is 0 Å². The summed E-state index contributed by atoms with van der Waals surface area (Å²) in [5.41, 5.74) is 1.26. The minimum Gasteiger partial charge on any atom is -0.481 e. The number of benzene rings is 1. The van der Waals surface area contributed by atoms with Gasteiger partial charge < -0.3 is 5.11 Å². The van der Waals surface area contributed by atoms with Gasteiger partial charge in [-0.15, -0.1) is 0 Å². The molecule has 1 atom stereocenters. The lowest BCUT2D eigenvalue weighted by molar-refractivity contribution is -0.136. The first kappa shape index (κ1) is 12.5. The Morgan fingerprint density at radius 1 is 1.38 bits per heavy atom. The molecule has 1 aromatic rings. The fourth-order valence-corrected chi connectivity index (χ4v) is 1.72. The molecule has 0 radical (unpaired) electrons. The molecular weight excluding hydrogens is 200 g/mol. The van der Waals surface area contributed by atoms with Crippen molar-refractivity contribution in [3.63, 3.8) is 0 Å². The molecule has 1 N–H and O–H groups in total. The highest BCUT2D eigenvalue weighted by atomic mass is 16.4. The van der Waals surface area contributed by atoms with E-state index in [4.69, 9.17) is 5.11 Å². The first-order valence-electron chi connectivity index (χ1n) is 5.67. The van der Waals surface area contributed by atoms with Gasteiger partial charge in [-0.1, -0.05) is 55.8 Å². The predicted octanol–water partition coefficient (Wildman–Crippen LogP) is 3.60. The Labute approximate surface area is 96.6 Å². The minimum absolute atomic E-state index is 0.104. The molecule has 0 spiro atoms. The molecule has 1 aromatic carbocycles. The van der Waals surface area contributed by atoms with Crippen LogP contribution in [0.25, 0.3) is 0 Å². The van der Waals surface area contributed by atoms with Crippen LogP contribution in [-0.4, -0.2) is 11.1 Å². The summed E-state index contributed by atoms with van der Waals surface area (Å²) in [7, 11) is 0. The molecule has 0 heterocycles. The molecule has 2 nitrogen and oxygen atoms in total. The fourth-order valence-electron chi connectivity index (χ4n) is 1.72. The summed E-state index contributed by atoms with van der Waals surface area (Å²) in [6.45, 7) is 2.14. The van der Waals surface area contributed by atoms with Gasteiger partial charge in [0.25, 0.3) is 0 Å². The largest absolute Gasteiger partial charge is 0.481 e.